The van der Waals surface area contributed by atoms with Crippen molar-refractivity contribution in [3.63, 3.8) is 0 Å². The van der Waals surface area contributed by atoms with Crippen LogP contribution in [-0.4, -0.2) is 47.3 Å². The Morgan fingerprint density at radius 3 is 3.00 bits per heavy atom. The molecule has 0 aromatic heterocycles. The number of hydrogen-bond donors (Lipinski definition) is 2. The molecule has 0 spiro atoms. The van der Waals surface area contributed by atoms with Crippen molar-refractivity contribution in [3.8, 4) is 11.5 Å². The highest BCUT2D eigenvalue weighted by molar-refractivity contribution is 5.75. The highest BCUT2D eigenvalue weighted by Gasteiger charge is 2.51. The predicted molar refractivity (Wildman–Crippen MR) is 92.3 cm³/mol. The number of amides is 1. The Balaban J connectivity index is 1.59. The monoisotopic (exact) mass is 346 g/mol. The van der Waals surface area contributed by atoms with Gasteiger partial charge in [0.15, 0.2) is 0 Å². The number of aromatic hydroxyl groups is 1. The largest absolute Gasteiger partial charge is 0.508 e. The summed E-state index contributed by atoms with van der Waals surface area (Å²) in [6.07, 6.45) is 2.09. The van der Waals surface area contributed by atoms with Gasteiger partial charge in [-0.3, -0.25) is 9.69 Å². The van der Waals surface area contributed by atoms with Crippen molar-refractivity contribution < 1.29 is 19.4 Å². The van der Waals surface area contributed by atoms with Crippen LogP contribution in [0.15, 0.2) is 18.2 Å². The molecule has 2 saturated heterocycles. The molecule has 0 saturated carbocycles. The molecular weight excluding hydrogens is 320 g/mol. The lowest BCUT2D eigenvalue weighted by molar-refractivity contribution is -0.187. The molecule has 6 nitrogen and oxygen atoms in total. The first-order valence-electron chi connectivity index (χ1n) is 9.01. The molecule has 3 N–H and O–H groups in total. The third kappa shape index (κ3) is 2.98. The van der Waals surface area contributed by atoms with Crippen molar-refractivity contribution in [1.82, 2.24) is 4.90 Å². The molecule has 3 aliphatic heterocycles. The van der Waals surface area contributed by atoms with Gasteiger partial charge in [0.1, 0.15) is 17.1 Å². The minimum absolute atomic E-state index is 0.0108. The summed E-state index contributed by atoms with van der Waals surface area (Å²) in [4.78, 5) is 13.4. The van der Waals surface area contributed by atoms with E-state index in [1.807, 2.05) is 6.07 Å². The third-order valence-corrected chi connectivity index (χ3v) is 5.94. The maximum absolute atomic E-state index is 11.2. The molecule has 4 atom stereocenters. The fraction of sp³-hybridized carbons (Fsp3) is 0.632. The van der Waals surface area contributed by atoms with Crippen LogP contribution in [0.2, 0.25) is 0 Å². The summed E-state index contributed by atoms with van der Waals surface area (Å²) < 4.78 is 12.8. The maximum atomic E-state index is 11.2. The fourth-order valence-electron chi connectivity index (χ4n) is 4.73. The molecule has 25 heavy (non-hydrogen) atoms. The van der Waals surface area contributed by atoms with Gasteiger partial charge in [0.2, 0.25) is 5.91 Å². The molecule has 0 bridgehead atoms. The van der Waals surface area contributed by atoms with Gasteiger partial charge < -0.3 is 20.3 Å². The van der Waals surface area contributed by atoms with Crippen LogP contribution in [0.3, 0.4) is 0 Å². The van der Waals surface area contributed by atoms with E-state index in [-0.39, 0.29) is 35.4 Å². The van der Waals surface area contributed by atoms with E-state index in [0.717, 1.165) is 37.2 Å². The Morgan fingerprint density at radius 1 is 1.44 bits per heavy atom. The van der Waals surface area contributed by atoms with Gasteiger partial charge in [-0.1, -0.05) is 0 Å². The standard InChI is InChI=1S/C19H26N2O4/c1-19(2)14-7-11-9-21(10-17(20)23)6-5-15(11)24-18(14)13-4-3-12(22)8-16(13)25-19/h3-4,8,11,14-15,18,22H,5-7,9-10H2,1-2H3,(H2,20,23)/t11-,14-,15-,18+/m0/s1. The van der Waals surface area contributed by atoms with Crippen molar-refractivity contribution in [3.05, 3.63) is 23.8 Å². The predicted octanol–water partition coefficient (Wildman–Crippen LogP) is 1.82. The fourth-order valence-corrected chi connectivity index (χ4v) is 4.73. The molecule has 1 amide bonds. The molecule has 136 valence electrons. The van der Waals surface area contributed by atoms with Gasteiger partial charge >= 0.3 is 0 Å². The molecule has 6 heteroatoms. The number of hydrogen-bond acceptors (Lipinski definition) is 5. The summed E-state index contributed by atoms with van der Waals surface area (Å²) in [7, 11) is 0. The van der Waals surface area contributed by atoms with E-state index < -0.39 is 0 Å². The van der Waals surface area contributed by atoms with Crippen LogP contribution in [0.5, 0.6) is 11.5 Å². The average Bonchev–Trinajstić information content (AvgIpc) is 2.52. The van der Waals surface area contributed by atoms with E-state index in [4.69, 9.17) is 15.2 Å². The minimum Gasteiger partial charge on any atom is -0.508 e. The number of carbonyl (C=O) groups excluding carboxylic acids is 1. The summed E-state index contributed by atoms with van der Waals surface area (Å²) in [6.45, 7) is 6.18. The number of piperidine rings is 1. The number of carbonyl (C=O) groups is 1. The number of ether oxygens (including phenoxy) is 2. The van der Waals surface area contributed by atoms with Crippen LogP contribution in [0, 0.1) is 11.8 Å². The number of phenolic OH excluding ortho intramolecular Hbond substituents is 1. The van der Waals surface area contributed by atoms with Crippen molar-refractivity contribution in [2.24, 2.45) is 17.6 Å². The Hall–Kier alpha value is -1.79. The van der Waals surface area contributed by atoms with Crippen LogP contribution in [0.4, 0.5) is 0 Å². The van der Waals surface area contributed by atoms with Gasteiger partial charge in [-0.25, -0.2) is 0 Å². The van der Waals surface area contributed by atoms with E-state index in [9.17, 15) is 9.90 Å². The third-order valence-electron chi connectivity index (χ3n) is 5.94. The molecule has 3 heterocycles. The lowest BCUT2D eigenvalue weighted by atomic mass is 9.70. The van der Waals surface area contributed by atoms with E-state index >= 15 is 0 Å². The number of fused-ring (bicyclic) bond motifs is 4. The summed E-state index contributed by atoms with van der Waals surface area (Å²) >= 11 is 0. The Labute approximate surface area is 147 Å². The van der Waals surface area contributed by atoms with E-state index in [1.165, 1.54) is 0 Å². The Kier molecular flexibility index (Phi) is 3.92. The zero-order valence-electron chi connectivity index (χ0n) is 14.8. The summed E-state index contributed by atoms with van der Waals surface area (Å²) in [5.41, 5.74) is 6.01. The minimum atomic E-state index is -0.373. The van der Waals surface area contributed by atoms with Crippen LogP contribution >= 0.6 is 0 Å². The quantitative estimate of drug-likeness (QED) is 0.853. The van der Waals surface area contributed by atoms with Crippen molar-refractivity contribution >= 4 is 5.91 Å². The molecular formula is C19H26N2O4. The summed E-state index contributed by atoms with van der Waals surface area (Å²) in [5.74, 6) is 1.27. The molecule has 0 radical (unpaired) electrons. The van der Waals surface area contributed by atoms with Gasteiger partial charge in [-0.05, 0) is 44.7 Å². The molecule has 1 aromatic carbocycles. The molecule has 1 aromatic rings. The molecule has 0 aliphatic carbocycles. The molecule has 4 rings (SSSR count). The molecule has 2 fully saturated rings. The van der Waals surface area contributed by atoms with Crippen molar-refractivity contribution in [2.45, 2.75) is 44.5 Å². The number of likely N-dealkylation sites (tertiary alicyclic amines) is 1. The van der Waals surface area contributed by atoms with Crippen molar-refractivity contribution in [2.75, 3.05) is 19.6 Å². The summed E-state index contributed by atoms with van der Waals surface area (Å²) in [5, 5.41) is 9.78. The smallest absolute Gasteiger partial charge is 0.231 e. The second kappa shape index (κ2) is 5.88. The Bertz CT molecular complexity index is 690. The van der Waals surface area contributed by atoms with Gasteiger partial charge in [0, 0.05) is 30.6 Å². The van der Waals surface area contributed by atoms with Gasteiger partial charge in [0.05, 0.1) is 18.8 Å². The lowest BCUT2D eigenvalue weighted by Crippen LogP contribution is -2.55. The van der Waals surface area contributed by atoms with E-state index in [2.05, 4.69) is 18.7 Å². The zero-order valence-corrected chi connectivity index (χ0v) is 14.8. The van der Waals surface area contributed by atoms with Crippen LogP contribution in [0.25, 0.3) is 0 Å². The number of phenols is 1. The lowest BCUT2D eigenvalue weighted by Gasteiger charge is -2.53. The first-order valence-corrected chi connectivity index (χ1v) is 9.01. The van der Waals surface area contributed by atoms with Crippen LogP contribution in [-0.2, 0) is 9.53 Å². The first kappa shape index (κ1) is 16.7. The second-order valence-electron chi connectivity index (χ2n) is 8.12. The van der Waals surface area contributed by atoms with E-state index in [1.54, 1.807) is 12.1 Å². The normalized spacial score (nSPS) is 33.5. The van der Waals surface area contributed by atoms with Crippen molar-refractivity contribution in [1.29, 1.82) is 0 Å². The van der Waals surface area contributed by atoms with Gasteiger partial charge in [0.25, 0.3) is 0 Å². The number of rotatable bonds is 2. The van der Waals surface area contributed by atoms with E-state index in [0.29, 0.717) is 12.5 Å². The summed E-state index contributed by atoms with van der Waals surface area (Å²) in [6, 6.07) is 5.29. The number of nitrogens with zero attached hydrogens (tertiary/aromatic N) is 1. The average molecular weight is 346 g/mol. The zero-order chi connectivity index (χ0) is 17.8. The van der Waals surface area contributed by atoms with Crippen LogP contribution in [0.1, 0.15) is 38.4 Å². The van der Waals surface area contributed by atoms with Gasteiger partial charge in [-0.2, -0.15) is 0 Å². The molecule has 3 aliphatic rings. The first-order chi connectivity index (χ1) is 11.8. The molecule has 0 unspecified atom stereocenters. The topological polar surface area (TPSA) is 85.0 Å². The second-order valence-corrected chi connectivity index (χ2v) is 8.12. The highest BCUT2D eigenvalue weighted by Crippen LogP contribution is 2.53. The highest BCUT2D eigenvalue weighted by atomic mass is 16.5. The van der Waals surface area contributed by atoms with Crippen LogP contribution < -0.4 is 10.5 Å². The Morgan fingerprint density at radius 2 is 2.24 bits per heavy atom. The number of primary amides is 1. The SMILES string of the molecule is CC1(C)Oc2cc(O)ccc2[C@H]2O[C@H]3CCN(CC(N)=O)C[C@@H]3C[C@@H]21. The maximum Gasteiger partial charge on any atom is 0.231 e. The van der Waals surface area contributed by atoms with Gasteiger partial charge in [-0.15, -0.1) is 0 Å². The number of benzene rings is 1. The number of nitrogens with two attached hydrogens (primary N) is 1.